The van der Waals surface area contributed by atoms with Crippen LogP contribution in [0.1, 0.15) is 27.2 Å². The third kappa shape index (κ3) is 3.77. The van der Waals surface area contributed by atoms with Crippen LogP contribution in [0.15, 0.2) is 23.4 Å². The van der Waals surface area contributed by atoms with E-state index in [-0.39, 0.29) is 5.56 Å². The second-order valence-electron chi connectivity index (χ2n) is 4.38. The summed E-state index contributed by atoms with van der Waals surface area (Å²) in [4.78, 5) is 15.5. The van der Waals surface area contributed by atoms with Crippen molar-refractivity contribution < 1.29 is 0 Å². The van der Waals surface area contributed by atoms with Crippen LogP contribution in [0.3, 0.4) is 0 Å². The van der Waals surface area contributed by atoms with Gasteiger partial charge in [-0.15, -0.1) is 0 Å². The van der Waals surface area contributed by atoms with Gasteiger partial charge >= 0.3 is 0 Å². The molecule has 1 heterocycles. The zero-order chi connectivity index (χ0) is 12.0. The summed E-state index contributed by atoms with van der Waals surface area (Å²) in [5.41, 5.74) is 0.0129. The van der Waals surface area contributed by atoms with Gasteiger partial charge in [-0.3, -0.25) is 9.36 Å². The maximum absolute atomic E-state index is 11.5. The summed E-state index contributed by atoms with van der Waals surface area (Å²) in [5.74, 6) is 0.499. The lowest BCUT2D eigenvalue weighted by atomic mass is 10.0. The van der Waals surface area contributed by atoms with Crippen molar-refractivity contribution in [1.29, 1.82) is 0 Å². The van der Waals surface area contributed by atoms with Gasteiger partial charge in [0, 0.05) is 24.8 Å². The van der Waals surface area contributed by atoms with E-state index in [4.69, 9.17) is 0 Å². The fraction of sp³-hybridized carbons (Fsp3) is 0.667. The summed E-state index contributed by atoms with van der Waals surface area (Å²) in [5, 5.41) is 3.46. The molecule has 1 atom stereocenters. The van der Waals surface area contributed by atoms with Crippen molar-refractivity contribution in [1.82, 2.24) is 14.9 Å². The van der Waals surface area contributed by atoms with E-state index in [9.17, 15) is 4.79 Å². The first-order valence-electron chi connectivity index (χ1n) is 5.89. The fourth-order valence-corrected chi connectivity index (χ4v) is 1.57. The maximum atomic E-state index is 11.5. The number of hydrogen-bond acceptors (Lipinski definition) is 3. The highest BCUT2D eigenvalue weighted by atomic mass is 16.1. The van der Waals surface area contributed by atoms with E-state index in [0.717, 1.165) is 13.0 Å². The van der Waals surface area contributed by atoms with Crippen LogP contribution >= 0.6 is 0 Å². The van der Waals surface area contributed by atoms with Gasteiger partial charge in [0.15, 0.2) is 0 Å². The third-order valence-corrected chi connectivity index (χ3v) is 2.65. The van der Waals surface area contributed by atoms with Crippen molar-refractivity contribution in [3.8, 4) is 0 Å². The SMILES string of the molecule is CCCNC(Cn1cnccc1=O)C(C)C. The second kappa shape index (κ2) is 6.43. The van der Waals surface area contributed by atoms with E-state index in [1.165, 1.54) is 12.3 Å². The van der Waals surface area contributed by atoms with Gasteiger partial charge in [0.05, 0.1) is 6.33 Å². The Kier molecular flexibility index (Phi) is 5.19. The van der Waals surface area contributed by atoms with Crippen LogP contribution < -0.4 is 10.9 Å². The highest BCUT2D eigenvalue weighted by molar-refractivity contribution is 4.84. The average molecular weight is 223 g/mol. The summed E-state index contributed by atoms with van der Waals surface area (Å²) in [7, 11) is 0. The molecule has 1 unspecified atom stereocenters. The number of rotatable bonds is 6. The molecule has 0 aromatic carbocycles. The summed E-state index contributed by atoms with van der Waals surface area (Å²) in [6.07, 6.45) is 4.24. The van der Waals surface area contributed by atoms with Crippen LogP contribution in [0.4, 0.5) is 0 Å². The van der Waals surface area contributed by atoms with Crippen LogP contribution in [-0.2, 0) is 6.54 Å². The Balaban J connectivity index is 2.68. The predicted octanol–water partition coefficient (Wildman–Crippen LogP) is 1.27. The molecule has 90 valence electrons. The van der Waals surface area contributed by atoms with E-state index in [2.05, 4.69) is 31.1 Å². The molecule has 0 amide bonds. The molecule has 0 aliphatic heterocycles. The van der Waals surface area contributed by atoms with Gasteiger partial charge in [0.2, 0.25) is 0 Å². The molecule has 0 aliphatic carbocycles. The van der Waals surface area contributed by atoms with E-state index >= 15 is 0 Å². The molecule has 0 fully saturated rings. The lowest BCUT2D eigenvalue weighted by Gasteiger charge is -2.22. The van der Waals surface area contributed by atoms with Gasteiger partial charge in [-0.1, -0.05) is 20.8 Å². The van der Waals surface area contributed by atoms with Crippen molar-refractivity contribution in [3.05, 3.63) is 28.9 Å². The minimum atomic E-state index is 0.0129. The van der Waals surface area contributed by atoms with E-state index in [1.54, 1.807) is 10.9 Å². The van der Waals surface area contributed by atoms with Crippen LogP contribution in [-0.4, -0.2) is 22.1 Å². The molecule has 1 rings (SSSR count). The van der Waals surface area contributed by atoms with Gasteiger partial charge in [-0.25, -0.2) is 4.98 Å². The van der Waals surface area contributed by atoms with Crippen molar-refractivity contribution in [2.75, 3.05) is 6.54 Å². The standard InChI is InChI=1S/C12H21N3O/c1-4-6-14-11(10(2)3)8-15-9-13-7-5-12(15)16/h5,7,9-11,14H,4,6,8H2,1-3H3. The quantitative estimate of drug-likeness (QED) is 0.790. The largest absolute Gasteiger partial charge is 0.312 e. The van der Waals surface area contributed by atoms with Gasteiger partial charge in [-0.05, 0) is 18.9 Å². The number of aromatic nitrogens is 2. The zero-order valence-corrected chi connectivity index (χ0v) is 10.3. The predicted molar refractivity (Wildman–Crippen MR) is 65.4 cm³/mol. The van der Waals surface area contributed by atoms with E-state index in [1.807, 2.05) is 0 Å². The fourth-order valence-electron chi connectivity index (χ4n) is 1.57. The van der Waals surface area contributed by atoms with Crippen molar-refractivity contribution >= 4 is 0 Å². The van der Waals surface area contributed by atoms with Gasteiger partial charge in [-0.2, -0.15) is 0 Å². The summed E-state index contributed by atoms with van der Waals surface area (Å²) in [6.45, 7) is 8.13. The Hall–Kier alpha value is -1.16. The Morgan fingerprint density at radius 1 is 1.50 bits per heavy atom. The Morgan fingerprint density at radius 2 is 2.25 bits per heavy atom. The lowest BCUT2D eigenvalue weighted by molar-refractivity contribution is 0.351. The molecule has 0 spiro atoms. The molecule has 1 aromatic rings. The average Bonchev–Trinajstić information content (AvgIpc) is 2.26. The van der Waals surface area contributed by atoms with Crippen molar-refractivity contribution in [3.63, 3.8) is 0 Å². The molecule has 0 radical (unpaired) electrons. The summed E-state index contributed by atoms with van der Waals surface area (Å²) >= 11 is 0. The molecule has 0 saturated carbocycles. The molecular formula is C12H21N3O. The van der Waals surface area contributed by atoms with Gasteiger partial charge < -0.3 is 5.32 Å². The highest BCUT2D eigenvalue weighted by Crippen LogP contribution is 2.03. The Bertz CT molecular complexity index is 359. The van der Waals surface area contributed by atoms with Crippen LogP contribution in [0.5, 0.6) is 0 Å². The first-order valence-corrected chi connectivity index (χ1v) is 5.89. The minimum Gasteiger partial charge on any atom is -0.312 e. The van der Waals surface area contributed by atoms with Crippen LogP contribution in [0.2, 0.25) is 0 Å². The van der Waals surface area contributed by atoms with E-state index in [0.29, 0.717) is 18.5 Å². The first kappa shape index (κ1) is 12.9. The molecule has 0 saturated heterocycles. The van der Waals surface area contributed by atoms with Crippen LogP contribution in [0, 0.1) is 5.92 Å². The number of nitrogens with zero attached hydrogens (tertiary/aromatic N) is 2. The van der Waals surface area contributed by atoms with Crippen molar-refractivity contribution in [2.24, 2.45) is 5.92 Å². The Morgan fingerprint density at radius 3 is 2.81 bits per heavy atom. The molecule has 1 N–H and O–H groups in total. The van der Waals surface area contributed by atoms with Crippen LogP contribution in [0.25, 0.3) is 0 Å². The molecular weight excluding hydrogens is 202 g/mol. The summed E-state index contributed by atoms with van der Waals surface area (Å²) < 4.78 is 1.66. The molecule has 16 heavy (non-hydrogen) atoms. The second-order valence-corrected chi connectivity index (χ2v) is 4.38. The minimum absolute atomic E-state index is 0.0129. The Labute approximate surface area is 96.7 Å². The summed E-state index contributed by atoms with van der Waals surface area (Å²) in [6, 6.07) is 1.82. The van der Waals surface area contributed by atoms with Gasteiger partial charge in [0.1, 0.15) is 0 Å². The molecule has 4 heteroatoms. The molecule has 1 aromatic heterocycles. The van der Waals surface area contributed by atoms with Gasteiger partial charge in [0.25, 0.3) is 5.56 Å². The van der Waals surface area contributed by atoms with E-state index < -0.39 is 0 Å². The smallest absolute Gasteiger partial charge is 0.253 e. The number of hydrogen-bond donors (Lipinski definition) is 1. The molecule has 4 nitrogen and oxygen atoms in total. The lowest BCUT2D eigenvalue weighted by Crippen LogP contribution is -2.40. The highest BCUT2D eigenvalue weighted by Gasteiger charge is 2.13. The third-order valence-electron chi connectivity index (χ3n) is 2.65. The normalized spacial score (nSPS) is 13.0. The molecule has 0 bridgehead atoms. The first-order chi connectivity index (χ1) is 7.65. The molecule has 0 aliphatic rings. The topological polar surface area (TPSA) is 46.9 Å². The number of nitrogens with one attached hydrogen (secondary N) is 1. The monoisotopic (exact) mass is 223 g/mol. The van der Waals surface area contributed by atoms with Crippen molar-refractivity contribution in [2.45, 2.75) is 39.8 Å². The zero-order valence-electron chi connectivity index (χ0n) is 10.3. The maximum Gasteiger partial charge on any atom is 0.253 e.